The second kappa shape index (κ2) is 8.39. The van der Waals surface area contributed by atoms with Crippen LogP contribution in [0.1, 0.15) is 21.5 Å². The maximum atomic E-state index is 12.8. The molecule has 0 spiro atoms. The Kier molecular flexibility index (Phi) is 5.65. The zero-order valence-corrected chi connectivity index (χ0v) is 17.2. The van der Waals surface area contributed by atoms with Crippen LogP contribution in [0.2, 0.25) is 0 Å². The molecule has 4 nitrogen and oxygen atoms in total. The number of benzene rings is 3. The first-order chi connectivity index (χ1) is 14.8. The Bertz CT molecular complexity index is 1230. The van der Waals surface area contributed by atoms with Crippen molar-refractivity contribution in [3.8, 4) is 16.3 Å². The fourth-order valence-electron chi connectivity index (χ4n) is 3.06. The Balaban J connectivity index is 1.49. The molecule has 0 saturated heterocycles. The fourth-order valence-corrected chi connectivity index (χ4v) is 4.08. The molecule has 0 aliphatic heterocycles. The highest BCUT2D eigenvalue weighted by atomic mass is 32.1. The number of carbonyl (C=O) groups excluding carboxylic acids is 1. The van der Waals surface area contributed by atoms with Crippen LogP contribution in [0.25, 0.3) is 20.8 Å². The van der Waals surface area contributed by atoms with E-state index in [-0.39, 0.29) is 12.5 Å². The van der Waals surface area contributed by atoms with E-state index in [0.29, 0.717) is 11.1 Å². The molecule has 1 aromatic heterocycles. The van der Waals surface area contributed by atoms with Crippen LogP contribution in [0.5, 0.6) is 5.75 Å². The summed E-state index contributed by atoms with van der Waals surface area (Å²) in [5, 5.41) is 3.49. The first-order valence-corrected chi connectivity index (χ1v) is 10.1. The number of nitrogens with zero attached hydrogens (tertiary/aromatic N) is 1. The fraction of sp³-hybridized carbons (Fsp3) is 0.130. The molecule has 8 heteroatoms. The van der Waals surface area contributed by atoms with E-state index in [1.54, 1.807) is 31.4 Å². The molecule has 0 saturated carbocycles. The summed E-state index contributed by atoms with van der Waals surface area (Å²) < 4.78 is 44.5. The SMILES string of the molecule is COc1ccc(-c2nc3ccc(C(=O)NCc4cccc(C(F)(F)F)c4)cc3s2)cc1. The van der Waals surface area contributed by atoms with Gasteiger partial charge in [-0.15, -0.1) is 11.3 Å². The minimum absolute atomic E-state index is 0.000575. The number of aromatic nitrogens is 1. The lowest BCUT2D eigenvalue weighted by molar-refractivity contribution is -0.137. The van der Waals surface area contributed by atoms with Gasteiger partial charge in [0.2, 0.25) is 0 Å². The van der Waals surface area contributed by atoms with Crippen LogP contribution in [0.4, 0.5) is 13.2 Å². The number of rotatable bonds is 5. The number of alkyl halides is 3. The molecular formula is C23H17F3N2O2S. The predicted octanol–water partition coefficient (Wildman–Crippen LogP) is 5.92. The van der Waals surface area contributed by atoms with Crippen molar-refractivity contribution < 1.29 is 22.7 Å². The van der Waals surface area contributed by atoms with Gasteiger partial charge in [0.25, 0.3) is 5.91 Å². The Morgan fingerprint density at radius 1 is 1.06 bits per heavy atom. The van der Waals surface area contributed by atoms with E-state index in [2.05, 4.69) is 10.3 Å². The first-order valence-electron chi connectivity index (χ1n) is 9.33. The molecule has 0 aliphatic carbocycles. The summed E-state index contributed by atoms with van der Waals surface area (Å²) >= 11 is 1.46. The monoisotopic (exact) mass is 442 g/mol. The van der Waals surface area contributed by atoms with Crippen LogP contribution in [0.15, 0.2) is 66.7 Å². The lowest BCUT2D eigenvalue weighted by Crippen LogP contribution is -2.22. The van der Waals surface area contributed by atoms with E-state index < -0.39 is 11.7 Å². The normalized spacial score (nSPS) is 11.5. The average Bonchev–Trinajstić information content (AvgIpc) is 3.20. The van der Waals surface area contributed by atoms with E-state index in [1.807, 2.05) is 24.3 Å². The van der Waals surface area contributed by atoms with Crippen molar-refractivity contribution in [3.63, 3.8) is 0 Å². The van der Waals surface area contributed by atoms with Crippen molar-refractivity contribution in [2.45, 2.75) is 12.7 Å². The number of ether oxygens (including phenoxy) is 1. The number of methoxy groups -OCH3 is 1. The summed E-state index contributed by atoms with van der Waals surface area (Å²) in [6.07, 6.45) is -4.42. The third kappa shape index (κ3) is 4.69. The van der Waals surface area contributed by atoms with Crippen LogP contribution in [-0.4, -0.2) is 18.0 Å². The quantitative estimate of drug-likeness (QED) is 0.417. The van der Waals surface area contributed by atoms with Gasteiger partial charge < -0.3 is 10.1 Å². The first kappa shape index (κ1) is 20.9. The summed E-state index contributed by atoms with van der Waals surface area (Å²) in [6.45, 7) is 0.000575. The number of nitrogens with one attached hydrogen (secondary N) is 1. The molecule has 1 N–H and O–H groups in total. The zero-order chi connectivity index (χ0) is 22.0. The molecule has 0 bridgehead atoms. The Hall–Kier alpha value is -3.39. The molecule has 0 atom stereocenters. The summed E-state index contributed by atoms with van der Waals surface area (Å²) in [5.74, 6) is 0.392. The summed E-state index contributed by atoms with van der Waals surface area (Å²) in [5.41, 5.74) is 1.77. The van der Waals surface area contributed by atoms with E-state index >= 15 is 0 Å². The highest BCUT2D eigenvalue weighted by Gasteiger charge is 2.30. The standard InChI is InChI=1S/C23H17F3N2O2S/c1-30-18-8-5-15(6-9-18)22-28-19-10-7-16(12-20(19)31-22)21(29)27-13-14-3-2-4-17(11-14)23(24,25)26/h2-12H,13H2,1H3,(H,27,29). The van der Waals surface area contributed by atoms with Gasteiger partial charge in [-0.1, -0.05) is 12.1 Å². The largest absolute Gasteiger partial charge is 0.497 e. The molecule has 0 unspecified atom stereocenters. The number of hydrogen-bond donors (Lipinski definition) is 1. The van der Waals surface area contributed by atoms with Gasteiger partial charge in [-0.2, -0.15) is 13.2 Å². The van der Waals surface area contributed by atoms with Gasteiger partial charge in [0, 0.05) is 17.7 Å². The Labute approximate surface area is 180 Å². The van der Waals surface area contributed by atoms with Gasteiger partial charge in [0.05, 0.1) is 22.9 Å². The molecule has 1 amide bonds. The van der Waals surface area contributed by atoms with E-state index in [9.17, 15) is 18.0 Å². The van der Waals surface area contributed by atoms with Crippen molar-refractivity contribution in [2.75, 3.05) is 7.11 Å². The highest BCUT2D eigenvalue weighted by molar-refractivity contribution is 7.21. The smallest absolute Gasteiger partial charge is 0.416 e. The van der Waals surface area contributed by atoms with Gasteiger partial charge in [-0.05, 0) is 60.2 Å². The lowest BCUT2D eigenvalue weighted by Gasteiger charge is -2.09. The molecule has 3 aromatic carbocycles. The summed E-state index contributed by atoms with van der Waals surface area (Å²) in [4.78, 5) is 17.1. The van der Waals surface area contributed by atoms with Crippen LogP contribution in [0.3, 0.4) is 0 Å². The number of halogens is 3. The third-order valence-electron chi connectivity index (χ3n) is 4.69. The minimum Gasteiger partial charge on any atom is -0.497 e. The summed E-state index contributed by atoms with van der Waals surface area (Å²) in [7, 11) is 1.60. The Morgan fingerprint density at radius 2 is 1.84 bits per heavy atom. The molecule has 31 heavy (non-hydrogen) atoms. The number of hydrogen-bond acceptors (Lipinski definition) is 4. The number of fused-ring (bicyclic) bond motifs is 1. The van der Waals surface area contributed by atoms with Crippen molar-refractivity contribution >= 4 is 27.5 Å². The molecule has 1 heterocycles. The minimum atomic E-state index is -4.42. The topological polar surface area (TPSA) is 51.2 Å². The van der Waals surface area contributed by atoms with Crippen molar-refractivity contribution in [1.29, 1.82) is 0 Å². The second-order valence-corrected chi connectivity index (χ2v) is 7.84. The zero-order valence-electron chi connectivity index (χ0n) is 16.4. The van der Waals surface area contributed by atoms with E-state index in [0.717, 1.165) is 38.7 Å². The maximum absolute atomic E-state index is 12.8. The molecule has 4 rings (SSSR count). The second-order valence-electron chi connectivity index (χ2n) is 6.81. The summed E-state index contributed by atoms with van der Waals surface area (Å²) in [6, 6.07) is 17.6. The number of amides is 1. The third-order valence-corrected chi connectivity index (χ3v) is 5.76. The molecule has 158 valence electrons. The van der Waals surface area contributed by atoms with E-state index in [4.69, 9.17) is 4.74 Å². The molecule has 0 radical (unpaired) electrons. The average molecular weight is 442 g/mol. The number of carbonyl (C=O) groups is 1. The maximum Gasteiger partial charge on any atom is 0.416 e. The van der Waals surface area contributed by atoms with Gasteiger partial charge in [-0.25, -0.2) is 4.98 Å². The van der Waals surface area contributed by atoms with Crippen molar-refractivity contribution in [3.05, 3.63) is 83.4 Å². The van der Waals surface area contributed by atoms with Gasteiger partial charge in [0.1, 0.15) is 10.8 Å². The highest BCUT2D eigenvalue weighted by Crippen LogP contribution is 2.32. The van der Waals surface area contributed by atoms with Crippen molar-refractivity contribution in [1.82, 2.24) is 10.3 Å². The predicted molar refractivity (Wildman–Crippen MR) is 114 cm³/mol. The van der Waals surface area contributed by atoms with Crippen molar-refractivity contribution in [2.24, 2.45) is 0 Å². The lowest BCUT2D eigenvalue weighted by atomic mass is 10.1. The van der Waals surface area contributed by atoms with Crippen LogP contribution in [-0.2, 0) is 12.7 Å². The van der Waals surface area contributed by atoms with Crippen LogP contribution < -0.4 is 10.1 Å². The van der Waals surface area contributed by atoms with Gasteiger partial charge in [-0.3, -0.25) is 4.79 Å². The Morgan fingerprint density at radius 3 is 2.55 bits per heavy atom. The number of thiazole rings is 1. The van der Waals surface area contributed by atoms with Gasteiger partial charge in [0.15, 0.2) is 0 Å². The molecular weight excluding hydrogens is 425 g/mol. The van der Waals surface area contributed by atoms with E-state index in [1.165, 1.54) is 17.4 Å². The van der Waals surface area contributed by atoms with Crippen LogP contribution >= 0.6 is 11.3 Å². The molecule has 0 aliphatic rings. The molecule has 0 fully saturated rings. The van der Waals surface area contributed by atoms with Gasteiger partial charge >= 0.3 is 6.18 Å². The molecule has 4 aromatic rings. The van der Waals surface area contributed by atoms with Crippen LogP contribution in [0, 0.1) is 0 Å².